The van der Waals surface area contributed by atoms with Crippen molar-refractivity contribution in [2.75, 3.05) is 0 Å². The van der Waals surface area contributed by atoms with Gasteiger partial charge in [-0.2, -0.15) is 5.26 Å². The molecule has 0 spiro atoms. The summed E-state index contributed by atoms with van der Waals surface area (Å²) < 4.78 is 38.0. The van der Waals surface area contributed by atoms with Gasteiger partial charge in [-0.3, -0.25) is 0 Å². The van der Waals surface area contributed by atoms with Crippen molar-refractivity contribution in [1.29, 1.82) is 5.26 Å². The van der Waals surface area contributed by atoms with E-state index in [-0.39, 0.29) is 0 Å². The third kappa shape index (κ3) is 1.14. The van der Waals surface area contributed by atoms with Crippen LogP contribution in [0.1, 0.15) is 11.1 Å². The van der Waals surface area contributed by atoms with Crippen molar-refractivity contribution < 1.29 is 13.2 Å². The molecule has 0 N–H and O–H groups in total. The SMILES string of the molecule is Cc1c(F)cc(C#N)c(F)c1F. The molecule has 1 rings (SSSR count). The summed E-state index contributed by atoms with van der Waals surface area (Å²) in [7, 11) is 0. The van der Waals surface area contributed by atoms with E-state index in [0.29, 0.717) is 6.07 Å². The van der Waals surface area contributed by atoms with Gasteiger partial charge in [0.15, 0.2) is 11.6 Å². The van der Waals surface area contributed by atoms with E-state index in [9.17, 15) is 13.2 Å². The third-order valence-corrected chi connectivity index (χ3v) is 1.51. The van der Waals surface area contributed by atoms with Crippen molar-refractivity contribution in [2.45, 2.75) is 6.92 Å². The average Bonchev–Trinajstić information content (AvgIpc) is 2.08. The van der Waals surface area contributed by atoms with Crippen LogP contribution in [-0.2, 0) is 0 Å². The minimum absolute atomic E-state index is 0.411. The zero-order valence-corrected chi connectivity index (χ0v) is 6.16. The standard InChI is InChI=1S/C8H4F3N/c1-4-6(9)2-5(3-12)8(11)7(4)10/h2H,1H3. The average molecular weight is 171 g/mol. The van der Waals surface area contributed by atoms with Crippen molar-refractivity contribution in [3.8, 4) is 6.07 Å². The van der Waals surface area contributed by atoms with E-state index in [1.165, 1.54) is 6.07 Å². The van der Waals surface area contributed by atoms with Gasteiger partial charge in [0.05, 0.1) is 5.56 Å². The smallest absolute Gasteiger partial charge is 0.177 e. The molecule has 1 aromatic rings. The van der Waals surface area contributed by atoms with E-state index in [0.717, 1.165) is 6.92 Å². The third-order valence-electron chi connectivity index (χ3n) is 1.51. The Hall–Kier alpha value is -1.50. The zero-order valence-electron chi connectivity index (χ0n) is 6.16. The topological polar surface area (TPSA) is 23.8 Å². The largest absolute Gasteiger partial charge is 0.207 e. The monoisotopic (exact) mass is 171 g/mol. The van der Waals surface area contributed by atoms with E-state index in [1.54, 1.807) is 0 Å². The molecule has 0 amide bonds. The number of nitriles is 1. The van der Waals surface area contributed by atoms with E-state index in [4.69, 9.17) is 5.26 Å². The summed E-state index contributed by atoms with van der Waals surface area (Å²) in [6.45, 7) is 1.11. The summed E-state index contributed by atoms with van der Waals surface area (Å²) in [6.07, 6.45) is 0. The van der Waals surface area contributed by atoms with Crippen LogP contribution in [0.4, 0.5) is 13.2 Å². The Balaban J connectivity index is 3.52. The molecule has 0 radical (unpaired) electrons. The van der Waals surface area contributed by atoms with Gasteiger partial charge in [-0.1, -0.05) is 0 Å². The minimum atomic E-state index is -1.30. The lowest BCUT2D eigenvalue weighted by atomic mass is 10.1. The van der Waals surface area contributed by atoms with E-state index < -0.39 is 28.6 Å². The van der Waals surface area contributed by atoms with Crippen LogP contribution in [0, 0.1) is 35.7 Å². The molecule has 1 aromatic carbocycles. The normalized spacial score (nSPS) is 9.58. The first-order valence-electron chi connectivity index (χ1n) is 3.12. The Labute approximate surface area is 67.1 Å². The van der Waals surface area contributed by atoms with Crippen molar-refractivity contribution >= 4 is 0 Å². The molecule has 4 heteroatoms. The highest BCUT2D eigenvalue weighted by Gasteiger charge is 2.14. The molecular formula is C8H4F3N. The number of hydrogen-bond donors (Lipinski definition) is 0. The summed E-state index contributed by atoms with van der Waals surface area (Å²) in [5.74, 6) is -3.51. The van der Waals surface area contributed by atoms with Crippen molar-refractivity contribution in [2.24, 2.45) is 0 Å². The molecular weight excluding hydrogens is 167 g/mol. The predicted molar refractivity (Wildman–Crippen MR) is 35.8 cm³/mol. The molecule has 0 saturated heterocycles. The summed E-state index contributed by atoms with van der Waals surface area (Å²) in [5, 5.41) is 8.23. The molecule has 0 atom stereocenters. The van der Waals surface area contributed by atoms with Crippen LogP contribution in [0.2, 0.25) is 0 Å². The maximum Gasteiger partial charge on any atom is 0.177 e. The summed E-state index contributed by atoms with van der Waals surface area (Å²) in [5.41, 5.74) is -1.03. The first kappa shape index (κ1) is 8.60. The molecule has 0 bridgehead atoms. The van der Waals surface area contributed by atoms with Gasteiger partial charge in [-0.05, 0) is 13.0 Å². The summed E-state index contributed by atoms with van der Waals surface area (Å²) >= 11 is 0. The summed E-state index contributed by atoms with van der Waals surface area (Å²) in [6, 6.07) is 2.02. The quantitative estimate of drug-likeness (QED) is 0.549. The maximum atomic E-state index is 12.7. The predicted octanol–water partition coefficient (Wildman–Crippen LogP) is 2.28. The molecule has 0 saturated carbocycles. The highest BCUT2D eigenvalue weighted by molar-refractivity contribution is 5.35. The number of hydrogen-bond acceptors (Lipinski definition) is 1. The number of rotatable bonds is 0. The highest BCUT2D eigenvalue weighted by Crippen LogP contribution is 2.18. The molecule has 0 unspecified atom stereocenters. The molecule has 0 aromatic heterocycles. The van der Waals surface area contributed by atoms with Crippen LogP contribution in [0.5, 0.6) is 0 Å². The second kappa shape index (κ2) is 2.86. The Bertz CT molecular complexity index is 366. The van der Waals surface area contributed by atoms with E-state index in [1.807, 2.05) is 0 Å². The Morgan fingerprint density at radius 3 is 2.33 bits per heavy atom. The lowest BCUT2D eigenvalue weighted by Crippen LogP contribution is -1.97. The molecule has 0 fully saturated rings. The first-order valence-corrected chi connectivity index (χ1v) is 3.12. The van der Waals surface area contributed by atoms with Crippen LogP contribution in [-0.4, -0.2) is 0 Å². The van der Waals surface area contributed by atoms with Crippen LogP contribution in [0.15, 0.2) is 6.07 Å². The lowest BCUT2D eigenvalue weighted by molar-refractivity contribution is 0.484. The number of halogens is 3. The van der Waals surface area contributed by atoms with Crippen LogP contribution < -0.4 is 0 Å². The van der Waals surface area contributed by atoms with Crippen LogP contribution >= 0.6 is 0 Å². The fourth-order valence-corrected chi connectivity index (χ4v) is 0.767. The van der Waals surface area contributed by atoms with Crippen molar-refractivity contribution in [1.82, 2.24) is 0 Å². The van der Waals surface area contributed by atoms with Gasteiger partial charge < -0.3 is 0 Å². The minimum Gasteiger partial charge on any atom is -0.207 e. The fraction of sp³-hybridized carbons (Fsp3) is 0.125. The Kier molecular flexibility index (Phi) is 2.05. The van der Waals surface area contributed by atoms with E-state index in [2.05, 4.69) is 0 Å². The summed E-state index contributed by atoms with van der Waals surface area (Å²) in [4.78, 5) is 0. The molecule has 0 aliphatic carbocycles. The highest BCUT2D eigenvalue weighted by atomic mass is 19.2. The van der Waals surface area contributed by atoms with Crippen molar-refractivity contribution in [3.05, 3.63) is 34.6 Å². The molecule has 62 valence electrons. The number of nitrogens with zero attached hydrogens (tertiary/aromatic N) is 1. The van der Waals surface area contributed by atoms with Crippen LogP contribution in [0.25, 0.3) is 0 Å². The van der Waals surface area contributed by atoms with Crippen LogP contribution in [0.3, 0.4) is 0 Å². The fourth-order valence-electron chi connectivity index (χ4n) is 0.767. The van der Waals surface area contributed by atoms with Gasteiger partial charge in [0.25, 0.3) is 0 Å². The maximum absolute atomic E-state index is 12.7. The van der Waals surface area contributed by atoms with E-state index >= 15 is 0 Å². The number of benzene rings is 1. The van der Waals surface area contributed by atoms with Gasteiger partial charge >= 0.3 is 0 Å². The zero-order chi connectivity index (χ0) is 9.30. The van der Waals surface area contributed by atoms with Crippen molar-refractivity contribution in [3.63, 3.8) is 0 Å². The molecule has 0 aliphatic heterocycles. The van der Waals surface area contributed by atoms with Gasteiger partial charge in [0, 0.05) is 5.56 Å². The Morgan fingerprint density at radius 1 is 1.25 bits per heavy atom. The van der Waals surface area contributed by atoms with Gasteiger partial charge in [-0.25, -0.2) is 13.2 Å². The van der Waals surface area contributed by atoms with Gasteiger partial charge in [0.2, 0.25) is 0 Å². The Morgan fingerprint density at radius 2 is 1.83 bits per heavy atom. The molecule has 0 heterocycles. The molecule has 1 nitrogen and oxygen atoms in total. The first-order chi connectivity index (χ1) is 5.57. The van der Waals surface area contributed by atoms with Gasteiger partial charge in [0.1, 0.15) is 11.9 Å². The molecule has 12 heavy (non-hydrogen) atoms. The van der Waals surface area contributed by atoms with Gasteiger partial charge in [-0.15, -0.1) is 0 Å². The second-order valence-electron chi connectivity index (χ2n) is 2.27. The second-order valence-corrected chi connectivity index (χ2v) is 2.27. The molecule has 0 aliphatic rings. The lowest BCUT2D eigenvalue weighted by Gasteiger charge is -2.00.